The number of aliphatic carboxylic acids is 1. The Labute approximate surface area is 57.8 Å². The van der Waals surface area contributed by atoms with Crippen molar-refractivity contribution in [2.45, 2.75) is 12.6 Å². The summed E-state index contributed by atoms with van der Waals surface area (Å²) in [5, 5.41) is 8.27. The molecule has 1 aliphatic rings. The first-order chi connectivity index (χ1) is 4.70. The second-order valence-electron chi connectivity index (χ2n) is 2.41. The van der Waals surface area contributed by atoms with Crippen LogP contribution in [0.3, 0.4) is 0 Å². The quantitative estimate of drug-likeness (QED) is 0.618. The molecule has 0 saturated carbocycles. The lowest BCUT2D eigenvalue weighted by Crippen LogP contribution is -2.16. The molecule has 10 heavy (non-hydrogen) atoms. The SMILES string of the molecule is O=C(O)C[C@H]1COC[C@@H]1F. The van der Waals surface area contributed by atoms with Gasteiger partial charge in [-0.3, -0.25) is 4.79 Å². The van der Waals surface area contributed by atoms with Gasteiger partial charge in [-0.25, -0.2) is 4.39 Å². The van der Waals surface area contributed by atoms with Crippen molar-refractivity contribution in [1.82, 2.24) is 0 Å². The molecular formula is C6H9FO3. The molecule has 0 aromatic rings. The normalized spacial score (nSPS) is 32.5. The summed E-state index contributed by atoms with van der Waals surface area (Å²) in [6, 6.07) is 0. The van der Waals surface area contributed by atoms with E-state index >= 15 is 0 Å². The first-order valence-corrected chi connectivity index (χ1v) is 3.13. The van der Waals surface area contributed by atoms with E-state index in [1.165, 1.54) is 0 Å². The molecule has 1 N–H and O–H groups in total. The van der Waals surface area contributed by atoms with E-state index in [-0.39, 0.29) is 19.6 Å². The Kier molecular flexibility index (Phi) is 2.21. The van der Waals surface area contributed by atoms with E-state index in [2.05, 4.69) is 0 Å². The first kappa shape index (κ1) is 7.47. The van der Waals surface area contributed by atoms with Crippen molar-refractivity contribution >= 4 is 5.97 Å². The molecular weight excluding hydrogens is 139 g/mol. The average Bonchev–Trinajstić information content (AvgIpc) is 2.15. The molecule has 1 saturated heterocycles. The fourth-order valence-corrected chi connectivity index (χ4v) is 0.984. The summed E-state index contributed by atoms with van der Waals surface area (Å²) in [7, 11) is 0. The van der Waals surface area contributed by atoms with Crippen LogP contribution in [-0.2, 0) is 9.53 Å². The van der Waals surface area contributed by atoms with Gasteiger partial charge in [0.05, 0.1) is 19.6 Å². The number of hydrogen-bond acceptors (Lipinski definition) is 2. The maximum absolute atomic E-state index is 12.6. The molecule has 0 radical (unpaired) electrons. The van der Waals surface area contributed by atoms with Crippen LogP contribution in [0.4, 0.5) is 4.39 Å². The fourth-order valence-electron chi connectivity index (χ4n) is 0.984. The van der Waals surface area contributed by atoms with E-state index in [9.17, 15) is 9.18 Å². The molecule has 0 aromatic heterocycles. The van der Waals surface area contributed by atoms with Crippen LogP contribution in [0.15, 0.2) is 0 Å². The summed E-state index contributed by atoms with van der Waals surface area (Å²) < 4.78 is 17.3. The lowest BCUT2D eigenvalue weighted by atomic mass is 10.0. The minimum atomic E-state index is -1.09. The number of alkyl halides is 1. The number of carbonyl (C=O) groups is 1. The smallest absolute Gasteiger partial charge is 0.303 e. The van der Waals surface area contributed by atoms with E-state index in [1.807, 2.05) is 0 Å². The Morgan fingerprint density at radius 2 is 2.40 bits per heavy atom. The zero-order chi connectivity index (χ0) is 7.56. The molecule has 0 unspecified atom stereocenters. The summed E-state index contributed by atoms with van der Waals surface area (Å²) >= 11 is 0. The Morgan fingerprint density at radius 1 is 1.70 bits per heavy atom. The van der Waals surface area contributed by atoms with Gasteiger partial charge in [0, 0.05) is 5.92 Å². The Hall–Kier alpha value is -0.640. The molecule has 3 nitrogen and oxygen atoms in total. The highest BCUT2D eigenvalue weighted by atomic mass is 19.1. The zero-order valence-corrected chi connectivity index (χ0v) is 5.42. The molecule has 58 valence electrons. The molecule has 1 rings (SSSR count). The van der Waals surface area contributed by atoms with E-state index < -0.39 is 18.1 Å². The molecule has 0 bridgehead atoms. The van der Waals surface area contributed by atoms with Gasteiger partial charge in [-0.2, -0.15) is 0 Å². The highest BCUT2D eigenvalue weighted by molar-refractivity contribution is 5.67. The predicted octanol–water partition coefficient (Wildman–Crippen LogP) is 0.446. The van der Waals surface area contributed by atoms with Crippen molar-refractivity contribution in [3.8, 4) is 0 Å². The Balaban J connectivity index is 2.33. The summed E-state index contributed by atoms with van der Waals surface area (Å²) in [4.78, 5) is 10.1. The van der Waals surface area contributed by atoms with Gasteiger partial charge in [0.15, 0.2) is 0 Å². The van der Waals surface area contributed by atoms with Gasteiger partial charge in [0.1, 0.15) is 6.17 Å². The van der Waals surface area contributed by atoms with Gasteiger partial charge in [-0.15, -0.1) is 0 Å². The third-order valence-corrected chi connectivity index (χ3v) is 1.56. The maximum atomic E-state index is 12.6. The highest BCUT2D eigenvalue weighted by Crippen LogP contribution is 2.19. The molecule has 1 aliphatic heterocycles. The van der Waals surface area contributed by atoms with Gasteiger partial charge in [-0.1, -0.05) is 0 Å². The van der Waals surface area contributed by atoms with E-state index in [4.69, 9.17) is 9.84 Å². The number of rotatable bonds is 2. The van der Waals surface area contributed by atoms with Crippen molar-refractivity contribution in [3.63, 3.8) is 0 Å². The summed E-state index contributed by atoms with van der Waals surface area (Å²) in [5.41, 5.74) is 0. The third-order valence-electron chi connectivity index (χ3n) is 1.56. The average molecular weight is 148 g/mol. The van der Waals surface area contributed by atoms with Crippen molar-refractivity contribution in [2.75, 3.05) is 13.2 Å². The molecule has 0 aromatic carbocycles. The van der Waals surface area contributed by atoms with Gasteiger partial charge in [-0.05, 0) is 0 Å². The van der Waals surface area contributed by atoms with Crippen LogP contribution in [0.25, 0.3) is 0 Å². The fraction of sp³-hybridized carbons (Fsp3) is 0.833. The number of halogens is 1. The second kappa shape index (κ2) is 2.96. The minimum absolute atomic E-state index is 0.0535. The lowest BCUT2D eigenvalue weighted by Gasteiger charge is -2.04. The number of hydrogen-bond donors (Lipinski definition) is 1. The first-order valence-electron chi connectivity index (χ1n) is 3.13. The van der Waals surface area contributed by atoms with Crippen molar-refractivity contribution in [3.05, 3.63) is 0 Å². The van der Waals surface area contributed by atoms with E-state index in [1.54, 1.807) is 0 Å². The second-order valence-corrected chi connectivity index (χ2v) is 2.41. The van der Waals surface area contributed by atoms with Crippen LogP contribution in [0.1, 0.15) is 6.42 Å². The molecule has 0 spiro atoms. The van der Waals surface area contributed by atoms with Crippen molar-refractivity contribution < 1.29 is 19.0 Å². The number of ether oxygens (including phenoxy) is 1. The van der Waals surface area contributed by atoms with Crippen LogP contribution in [0.5, 0.6) is 0 Å². The molecule has 0 aliphatic carbocycles. The molecule has 1 fully saturated rings. The molecule has 4 heteroatoms. The molecule has 1 heterocycles. The third kappa shape index (κ3) is 1.67. The van der Waals surface area contributed by atoms with Gasteiger partial charge in [0.2, 0.25) is 0 Å². The molecule has 2 atom stereocenters. The Bertz CT molecular complexity index is 137. The zero-order valence-electron chi connectivity index (χ0n) is 5.42. The monoisotopic (exact) mass is 148 g/mol. The van der Waals surface area contributed by atoms with Gasteiger partial charge < -0.3 is 9.84 Å². The maximum Gasteiger partial charge on any atom is 0.303 e. The van der Waals surface area contributed by atoms with Gasteiger partial charge >= 0.3 is 5.97 Å². The topological polar surface area (TPSA) is 46.5 Å². The molecule has 0 amide bonds. The minimum Gasteiger partial charge on any atom is -0.481 e. The van der Waals surface area contributed by atoms with Crippen LogP contribution < -0.4 is 0 Å². The largest absolute Gasteiger partial charge is 0.481 e. The Morgan fingerprint density at radius 3 is 2.80 bits per heavy atom. The highest BCUT2D eigenvalue weighted by Gasteiger charge is 2.29. The number of carboxylic acids is 1. The van der Waals surface area contributed by atoms with Crippen LogP contribution in [0, 0.1) is 5.92 Å². The van der Waals surface area contributed by atoms with Crippen molar-refractivity contribution in [2.24, 2.45) is 5.92 Å². The van der Waals surface area contributed by atoms with E-state index in [0.29, 0.717) is 0 Å². The van der Waals surface area contributed by atoms with Gasteiger partial charge in [0.25, 0.3) is 0 Å². The van der Waals surface area contributed by atoms with Crippen LogP contribution in [0.2, 0.25) is 0 Å². The van der Waals surface area contributed by atoms with Crippen LogP contribution in [-0.4, -0.2) is 30.5 Å². The lowest BCUT2D eigenvalue weighted by molar-refractivity contribution is -0.138. The number of carboxylic acid groups (broad SMARTS) is 1. The standard InChI is InChI=1S/C6H9FO3/c7-5-3-10-2-4(5)1-6(8)9/h4-5H,1-3H2,(H,8,9)/t4-,5-/m0/s1. The summed E-state index contributed by atoms with van der Waals surface area (Å²) in [6.07, 6.45) is -1.21. The summed E-state index contributed by atoms with van der Waals surface area (Å²) in [6.45, 7) is 0.297. The van der Waals surface area contributed by atoms with E-state index in [0.717, 1.165) is 0 Å². The van der Waals surface area contributed by atoms with Crippen molar-refractivity contribution in [1.29, 1.82) is 0 Å². The predicted molar refractivity (Wildman–Crippen MR) is 31.5 cm³/mol. The van der Waals surface area contributed by atoms with Crippen LogP contribution >= 0.6 is 0 Å². The summed E-state index contributed by atoms with van der Waals surface area (Å²) in [5.74, 6) is -1.39.